The van der Waals surface area contributed by atoms with Crippen LogP contribution in [0.1, 0.15) is 56.1 Å². The van der Waals surface area contributed by atoms with Gasteiger partial charge in [0.1, 0.15) is 6.54 Å². The van der Waals surface area contributed by atoms with Crippen LogP contribution in [0, 0.1) is 5.92 Å². The lowest BCUT2D eigenvalue weighted by Gasteiger charge is -2.38. The molecule has 1 amide bonds. The second kappa shape index (κ2) is 6.19. The Balaban J connectivity index is 1.58. The third-order valence-corrected chi connectivity index (χ3v) is 5.89. The number of aromatic nitrogens is 1. The maximum atomic E-state index is 12.9. The normalized spacial score (nSPS) is 23.4. The summed E-state index contributed by atoms with van der Waals surface area (Å²) in [5.41, 5.74) is 2.84. The zero-order chi connectivity index (χ0) is 16.7. The van der Waals surface area contributed by atoms with Crippen LogP contribution in [0.15, 0.2) is 11.8 Å². The van der Waals surface area contributed by atoms with Crippen molar-refractivity contribution in [3.8, 4) is 11.8 Å². The van der Waals surface area contributed by atoms with E-state index in [0.717, 1.165) is 56.2 Å². The predicted molar refractivity (Wildman–Crippen MR) is 90.8 cm³/mol. The molecule has 1 unspecified atom stereocenters. The van der Waals surface area contributed by atoms with Gasteiger partial charge in [-0.25, -0.2) is 0 Å². The fraction of sp³-hybridized carbons (Fsp3) is 0.632. The van der Waals surface area contributed by atoms with Crippen LogP contribution in [0.25, 0.3) is 0 Å². The lowest BCUT2D eigenvalue weighted by atomic mass is 9.85. The molecule has 1 aromatic rings. The van der Waals surface area contributed by atoms with Gasteiger partial charge in [0.25, 0.3) is 0 Å². The summed E-state index contributed by atoms with van der Waals surface area (Å²) in [4.78, 5) is 14.8. The molecule has 2 heterocycles. The van der Waals surface area contributed by atoms with Crippen molar-refractivity contribution in [2.75, 3.05) is 6.54 Å². The summed E-state index contributed by atoms with van der Waals surface area (Å²) in [6.45, 7) is 0.776. The minimum atomic E-state index is -0.0224. The zero-order valence-corrected chi connectivity index (χ0v) is 14.1. The van der Waals surface area contributed by atoms with E-state index in [9.17, 15) is 15.0 Å². The third kappa shape index (κ3) is 2.50. The van der Waals surface area contributed by atoms with Crippen LogP contribution in [0.2, 0.25) is 0 Å². The Labute approximate surface area is 142 Å². The highest BCUT2D eigenvalue weighted by molar-refractivity contribution is 5.79. The minimum Gasteiger partial charge on any atom is -0.494 e. The molecule has 5 nitrogen and oxygen atoms in total. The third-order valence-electron chi connectivity index (χ3n) is 5.89. The van der Waals surface area contributed by atoms with Gasteiger partial charge in [-0.1, -0.05) is 6.08 Å². The number of likely N-dealkylation sites (tertiary alicyclic amines) is 1. The molecule has 24 heavy (non-hydrogen) atoms. The first-order valence-electron chi connectivity index (χ1n) is 9.29. The van der Waals surface area contributed by atoms with E-state index >= 15 is 0 Å². The molecule has 2 aliphatic carbocycles. The number of amides is 1. The minimum absolute atomic E-state index is 0.0224. The Morgan fingerprint density at radius 2 is 1.71 bits per heavy atom. The van der Waals surface area contributed by atoms with E-state index in [1.54, 1.807) is 0 Å². The second-order valence-corrected chi connectivity index (χ2v) is 7.34. The molecule has 1 aliphatic heterocycles. The van der Waals surface area contributed by atoms with E-state index in [2.05, 4.69) is 6.08 Å². The summed E-state index contributed by atoms with van der Waals surface area (Å²) in [6.07, 6.45) is 11.5. The smallest absolute Gasteiger partial charge is 0.246 e. The monoisotopic (exact) mass is 330 g/mol. The van der Waals surface area contributed by atoms with Crippen molar-refractivity contribution in [3.63, 3.8) is 0 Å². The van der Waals surface area contributed by atoms with E-state index in [1.165, 1.54) is 29.5 Å². The first kappa shape index (κ1) is 15.6. The molecule has 0 saturated carbocycles. The number of nitrogens with zero attached hydrogens (tertiary/aromatic N) is 2. The number of carbonyl (C=O) groups is 1. The van der Waals surface area contributed by atoms with Gasteiger partial charge in [0.15, 0.2) is 11.8 Å². The van der Waals surface area contributed by atoms with E-state index < -0.39 is 0 Å². The Morgan fingerprint density at radius 3 is 2.42 bits per heavy atom. The van der Waals surface area contributed by atoms with Crippen molar-refractivity contribution in [1.29, 1.82) is 0 Å². The molecule has 1 aromatic heterocycles. The predicted octanol–water partition coefficient (Wildman–Crippen LogP) is 3.08. The van der Waals surface area contributed by atoms with Crippen LogP contribution in [0.4, 0.5) is 0 Å². The lowest BCUT2D eigenvalue weighted by Crippen LogP contribution is -2.40. The van der Waals surface area contributed by atoms with Gasteiger partial charge < -0.3 is 15.1 Å². The standard InChI is InChI=1S/C19H26N2O3/c22-17(20-11-5-7-13-6-1-4-10-16(13)20)12-21-18(23)14-8-2-3-9-15(14)19(21)24/h10,13,23-24H,1-9,11-12H2. The number of aromatic hydroxyl groups is 2. The molecule has 4 rings (SSSR count). The number of hydrogen-bond acceptors (Lipinski definition) is 3. The largest absolute Gasteiger partial charge is 0.494 e. The summed E-state index contributed by atoms with van der Waals surface area (Å²) in [6, 6.07) is 0. The number of allylic oxidation sites excluding steroid dienone is 2. The second-order valence-electron chi connectivity index (χ2n) is 7.34. The lowest BCUT2D eigenvalue weighted by molar-refractivity contribution is -0.131. The number of carbonyl (C=O) groups excluding carboxylic acids is 1. The van der Waals surface area contributed by atoms with E-state index in [4.69, 9.17) is 0 Å². The quantitative estimate of drug-likeness (QED) is 0.876. The molecule has 0 radical (unpaired) electrons. The highest BCUT2D eigenvalue weighted by Crippen LogP contribution is 2.39. The van der Waals surface area contributed by atoms with Crippen molar-refractivity contribution >= 4 is 5.91 Å². The van der Waals surface area contributed by atoms with Crippen LogP contribution in [0.3, 0.4) is 0 Å². The van der Waals surface area contributed by atoms with Gasteiger partial charge in [-0.05, 0) is 63.7 Å². The van der Waals surface area contributed by atoms with Crippen molar-refractivity contribution in [2.45, 2.75) is 64.3 Å². The van der Waals surface area contributed by atoms with Crippen molar-refractivity contribution in [3.05, 3.63) is 22.9 Å². The maximum absolute atomic E-state index is 12.9. The molecule has 0 bridgehead atoms. The molecule has 1 saturated heterocycles. The summed E-state index contributed by atoms with van der Waals surface area (Å²) in [5.74, 6) is 0.658. The molecule has 130 valence electrons. The highest BCUT2D eigenvalue weighted by Gasteiger charge is 2.32. The average Bonchev–Trinajstić information content (AvgIpc) is 2.86. The van der Waals surface area contributed by atoms with Gasteiger partial charge in [0, 0.05) is 23.4 Å². The van der Waals surface area contributed by atoms with Crippen molar-refractivity contribution in [1.82, 2.24) is 9.47 Å². The van der Waals surface area contributed by atoms with Gasteiger partial charge in [-0.2, -0.15) is 0 Å². The van der Waals surface area contributed by atoms with Gasteiger partial charge in [-0.3, -0.25) is 9.36 Å². The summed E-state index contributed by atoms with van der Waals surface area (Å²) in [5, 5.41) is 20.9. The van der Waals surface area contributed by atoms with Crippen molar-refractivity contribution in [2.24, 2.45) is 5.92 Å². The maximum Gasteiger partial charge on any atom is 0.246 e. The SMILES string of the molecule is O=C(Cn1c(O)c2c(c1O)CCCC2)N1CCCC2CCCC=C21. The topological polar surface area (TPSA) is 65.7 Å². The highest BCUT2D eigenvalue weighted by atomic mass is 16.3. The first-order chi connectivity index (χ1) is 11.7. The Bertz CT molecular complexity index is 660. The van der Waals surface area contributed by atoms with E-state index in [0.29, 0.717) is 5.92 Å². The zero-order valence-electron chi connectivity index (χ0n) is 14.1. The van der Waals surface area contributed by atoms with Gasteiger partial charge in [0.05, 0.1) is 0 Å². The number of piperidine rings is 1. The molecular weight excluding hydrogens is 304 g/mol. The molecule has 5 heteroatoms. The molecule has 1 atom stereocenters. The Kier molecular flexibility index (Phi) is 4.02. The number of rotatable bonds is 2. The van der Waals surface area contributed by atoms with Crippen LogP contribution >= 0.6 is 0 Å². The van der Waals surface area contributed by atoms with Crippen molar-refractivity contribution < 1.29 is 15.0 Å². The summed E-state index contributed by atoms with van der Waals surface area (Å²) >= 11 is 0. The van der Waals surface area contributed by atoms with Crippen LogP contribution in [0.5, 0.6) is 11.8 Å². The number of hydrogen-bond donors (Lipinski definition) is 2. The van der Waals surface area contributed by atoms with Gasteiger partial charge in [0.2, 0.25) is 5.91 Å². The molecule has 0 spiro atoms. The fourth-order valence-electron chi connectivity index (χ4n) is 4.64. The van der Waals surface area contributed by atoms with Crippen LogP contribution in [-0.2, 0) is 24.2 Å². The summed E-state index contributed by atoms with van der Waals surface area (Å²) in [7, 11) is 0. The molecular formula is C19H26N2O3. The first-order valence-corrected chi connectivity index (χ1v) is 9.29. The summed E-state index contributed by atoms with van der Waals surface area (Å²) < 4.78 is 1.41. The van der Waals surface area contributed by atoms with Crippen LogP contribution < -0.4 is 0 Å². The fourth-order valence-corrected chi connectivity index (χ4v) is 4.64. The molecule has 1 fully saturated rings. The molecule has 2 N–H and O–H groups in total. The Hall–Kier alpha value is -1.91. The van der Waals surface area contributed by atoms with Gasteiger partial charge in [-0.15, -0.1) is 0 Å². The Morgan fingerprint density at radius 1 is 1.04 bits per heavy atom. The molecule has 0 aromatic carbocycles. The van der Waals surface area contributed by atoms with E-state index in [-0.39, 0.29) is 24.2 Å². The van der Waals surface area contributed by atoms with E-state index in [1.807, 2.05) is 4.90 Å². The van der Waals surface area contributed by atoms with Crippen LogP contribution in [-0.4, -0.2) is 32.1 Å². The van der Waals surface area contributed by atoms with Gasteiger partial charge >= 0.3 is 0 Å². The molecule has 3 aliphatic rings. The average molecular weight is 330 g/mol. The number of fused-ring (bicyclic) bond motifs is 2.